The molecule has 0 aliphatic carbocycles. The van der Waals surface area contributed by atoms with Crippen LogP contribution in [0.15, 0.2) is 60.7 Å². The lowest BCUT2D eigenvalue weighted by Gasteiger charge is -2.29. The van der Waals surface area contributed by atoms with Crippen LogP contribution in [0.25, 0.3) is 0 Å². The number of hydrogen-bond acceptors (Lipinski definition) is 3. The van der Waals surface area contributed by atoms with Gasteiger partial charge in [0.2, 0.25) is 0 Å². The molecule has 1 heterocycles. The van der Waals surface area contributed by atoms with Crippen molar-refractivity contribution in [1.29, 1.82) is 0 Å². The van der Waals surface area contributed by atoms with Gasteiger partial charge in [0.25, 0.3) is 0 Å². The first-order valence-electron chi connectivity index (χ1n) is 8.17. The lowest BCUT2D eigenvalue weighted by atomic mass is 9.97. The van der Waals surface area contributed by atoms with E-state index in [2.05, 4.69) is 36.1 Å². The zero-order valence-electron chi connectivity index (χ0n) is 13.7. The van der Waals surface area contributed by atoms with Crippen LogP contribution >= 0.6 is 0 Å². The number of hydrogen-bond donors (Lipinski definition) is 0. The number of carbonyl (C=O) groups is 1. The Hall–Kier alpha value is -2.13. The maximum atomic E-state index is 12.4. The molecule has 0 bridgehead atoms. The summed E-state index contributed by atoms with van der Waals surface area (Å²) >= 11 is 0. The van der Waals surface area contributed by atoms with E-state index in [0.717, 1.165) is 13.1 Å². The minimum atomic E-state index is -0.189. The topological polar surface area (TPSA) is 29.5 Å². The molecule has 0 N–H and O–H groups in total. The summed E-state index contributed by atoms with van der Waals surface area (Å²) in [5.41, 5.74) is 2.42. The fraction of sp³-hybridized carbons (Fsp3) is 0.350. The number of esters is 1. The monoisotopic (exact) mass is 309 g/mol. The third kappa shape index (κ3) is 3.62. The number of benzene rings is 2. The molecule has 1 aliphatic heterocycles. The molecule has 0 spiro atoms. The van der Waals surface area contributed by atoms with Gasteiger partial charge in [-0.05, 0) is 18.1 Å². The predicted octanol–water partition coefficient (Wildman–Crippen LogP) is 3.64. The maximum Gasteiger partial charge on any atom is 0.324 e. The highest BCUT2D eigenvalue weighted by atomic mass is 16.6. The van der Waals surface area contributed by atoms with E-state index in [9.17, 15) is 4.79 Å². The molecular formula is C20H23NO2. The van der Waals surface area contributed by atoms with Crippen LogP contribution in [0.4, 0.5) is 0 Å². The molecule has 2 aromatic rings. The van der Waals surface area contributed by atoms with Crippen LogP contribution in [0.1, 0.15) is 25.0 Å². The van der Waals surface area contributed by atoms with Crippen LogP contribution in [-0.2, 0) is 22.6 Å². The first-order valence-corrected chi connectivity index (χ1v) is 8.17. The van der Waals surface area contributed by atoms with Crippen molar-refractivity contribution in [2.24, 2.45) is 5.92 Å². The largest absolute Gasteiger partial charge is 0.461 e. The average Bonchev–Trinajstić information content (AvgIpc) is 2.81. The highest BCUT2D eigenvalue weighted by Gasteiger charge is 2.42. The van der Waals surface area contributed by atoms with Crippen LogP contribution in [-0.4, -0.2) is 23.0 Å². The SMILES string of the molecule is C[C@H]1[C@H](C)OC(=O)[C@@H]1N(Cc1ccccc1)Cc1ccccc1. The van der Waals surface area contributed by atoms with Gasteiger partial charge < -0.3 is 4.74 Å². The molecule has 0 saturated carbocycles. The summed E-state index contributed by atoms with van der Waals surface area (Å²) in [6.07, 6.45) is -0.0263. The third-order valence-corrected chi connectivity index (χ3v) is 4.63. The number of ether oxygens (including phenoxy) is 1. The van der Waals surface area contributed by atoms with Gasteiger partial charge in [-0.3, -0.25) is 9.69 Å². The van der Waals surface area contributed by atoms with Gasteiger partial charge in [-0.1, -0.05) is 67.6 Å². The van der Waals surface area contributed by atoms with Gasteiger partial charge in [0.15, 0.2) is 0 Å². The van der Waals surface area contributed by atoms with Gasteiger partial charge in [0.05, 0.1) is 0 Å². The molecule has 3 rings (SSSR count). The normalized spacial score (nSPS) is 24.0. The second kappa shape index (κ2) is 6.97. The van der Waals surface area contributed by atoms with Crippen molar-refractivity contribution in [2.75, 3.05) is 0 Å². The lowest BCUT2D eigenvalue weighted by Crippen LogP contribution is -2.41. The van der Waals surface area contributed by atoms with Gasteiger partial charge in [-0.15, -0.1) is 0 Å². The fourth-order valence-corrected chi connectivity index (χ4v) is 3.20. The quantitative estimate of drug-likeness (QED) is 0.790. The van der Waals surface area contributed by atoms with Crippen molar-refractivity contribution < 1.29 is 9.53 Å². The maximum absolute atomic E-state index is 12.4. The Bertz CT molecular complexity index is 600. The van der Waals surface area contributed by atoms with E-state index in [0.29, 0.717) is 0 Å². The number of carbonyl (C=O) groups excluding carboxylic acids is 1. The second-order valence-corrected chi connectivity index (χ2v) is 6.32. The van der Waals surface area contributed by atoms with Crippen molar-refractivity contribution in [3.63, 3.8) is 0 Å². The smallest absolute Gasteiger partial charge is 0.324 e. The second-order valence-electron chi connectivity index (χ2n) is 6.32. The molecule has 0 unspecified atom stereocenters. The minimum absolute atomic E-state index is 0.0263. The van der Waals surface area contributed by atoms with Crippen molar-refractivity contribution in [3.05, 3.63) is 71.8 Å². The predicted molar refractivity (Wildman–Crippen MR) is 90.6 cm³/mol. The summed E-state index contributed by atoms with van der Waals surface area (Å²) in [5.74, 6) is 0.0896. The van der Waals surface area contributed by atoms with Gasteiger partial charge in [-0.2, -0.15) is 0 Å². The minimum Gasteiger partial charge on any atom is -0.461 e. The Morgan fingerprint density at radius 2 is 1.35 bits per heavy atom. The van der Waals surface area contributed by atoms with Crippen LogP contribution in [0, 0.1) is 5.92 Å². The Morgan fingerprint density at radius 1 is 0.870 bits per heavy atom. The van der Waals surface area contributed by atoms with E-state index in [4.69, 9.17) is 4.74 Å². The molecule has 0 amide bonds. The van der Waals surface area contributed by atoms with E-state index < -0.39 is 0 Å². The van der Waals surface area contributed by atoms with Gasteiger partial charge in [0, 0.05) is 19.0 Å². The number of rotatable bonds is 5. The summed E-state index contributed by atoms with van der Waals surface area (Å²) in [6.45, 7) is 5.56. The molecule has 3 nitrogen and oxygen atoms in total. The molecule has 2 aromatic carbocycles. The molecule has 23 heavy (non-hydrogen) atoms. The summed E-state index contributed by atoms with van der Waals surface area (Å²) in [5, 5.41) is 0. The van der Waals surface area contributed by atoms with E-state index in [1.54, 1.807) is 0 Å². The van der Waals surface area contributed by atoms with Crippen LogP contribution in [0.5, 0.6) is 0 Å². The van der Waals surface area contributed by atoms with Crippen molar-refractivity contribution in [3.8, 4) is 0 Å². The highest BCUT2D eigenvalue weighted by Crippen LogP contribution is 2.28. The zero-order chi connectivity index (χ0) is 16.2. The molecule has 3 heteroatoms. The molecule has 1 saturated heterocycles. The highest BCUT2D eigenvalue weighted by molar-refractivity contribution is 5.78. The van der Waals surface area contributed by atoms with E-state index >= 15 is 0 Å². The van der Waals surface area contributed by atoms with Crippen molar-refractivity contribution >= 4 is 5.97 Å². The van der Waals surface area contributed by atoms with Gasteiger partial charge in [0.1, 0.15) is 12.1 Å². The molecule has 1 aliphatic rings. The van der Waals surface area contributed by atoms with E-state index in [1.165, 1.54) is 11.1 Å². The number of nitrogens with zero attached hydrogens (tertiary/aromatic N) is 1. The standard InChI is InChI=1S/C20H23NO2/c1-15-16(2)23-20(22)19(15)21(13-17-9-5-3-6-10-17)14-18-11-7-4-8-12-18/h3-12,15-16,19H,13-14H2,1-2H3/t15-,16-,19+/m0/s1. The first kappa shape index (κ1) is 15.8. The summed E-state index contributed by atoms with van der Waals surface area (Å²) in [7, 11) is 0. The first-order chi connectivity index (χ1) is 11.1. The lowest BCUT2D eigenvalue weighted by molar-refractivity contribution is -0.145. The summed E-state index contributed by atoms with van der Waals surface area (Å²) < 4.78 is 5.46. The van der Waals surface area contributed by atoms with Crippen molar-refractivity contribution in [2.45, 2.75) is 39.1 Å². The Balaban J connectivity index is 1.85. The van der Waals surface area contributed by atoms with Crippen molar-refractivity contribution in [1.82, 2.24) is 4.90 Å². The molecule has 120 valence electrons. The number of cyclic esters (lactones) is 1. The third-order valence-electron chi connectivity index (χ3n) is 4.63. The van der Waals surface area contributed by atoms with Crippen LogP contribution in [0.2, 0.25) is 0 Å². The molecule has 0 aromatic heterocycles. The summed E-state index contributed by atoms with van der Waals surface area (Å²) in [4.78, 5) is 14.6. The zero-order valence-corrected chi connectivity index (χ0v) is 13.7. The molecular weight excluding hydrogens is 286 g/mol. The Morgan fingerprint density at radius 3 is 1.74 bits per heavy atom. The van der Waals surface area contributed by atoms with Crippen LogP contribution < -0.4 is 0 Å². The summed E-state index contributed by atoms with van der Waals surface area (Å²) in [6, 6.07) is 20.4. The van der Waals surface area contributed by atoms with E-state index in [-0.39, 0.29) is 24.0 Å². The molecule has 1 fully saturated rings. The molecule has 3 atom stereocenters. The average molecular weight is 309 g/mol. The Kier molecular flexibility index (Phi) is 4.77. The van der Waals surface area contributed by atoms with Gasteiger partial charge in [-0.25, -0.2) is 0 Å². The molecule has 0 radical (unpaired) electrons. The Labute approximate surface area is 137 Å². The van der Waals surface area contributed by atoms with Gasteiger partial charge >= 0.3 is 5.97 Å². The van der Waals surface area contributed by atoms with E-state index in [1.807, 2.05) is 43.3 Å². The van der Waals surface area contributed by atoms with Crippen LogP contribution in [0.3, 0.4) is 0 Å². The fourth-order valence-electron chi connectivity index (χ4n) is 3.20.